The highest BCUT2D eigenvalue weighted by molar-refractivity contribution is 7.79. The number of halogens is 1. The van der Waals surface area contributed by atoms with E-state index in [-0.39, 0.29) is 14.3 Å². The average Bonchev–Trinajstić information content (AvgIpc) is 2.29. The lowest BCUT2D eigenvalue weighted by molar-refractivity contribution is 0.145. The van der Waals surface area contributed by atoms with Crippen molar-refractivity contribution in [2.24, 2.45) is 0 Å². The quantitative estimate of drug-likeness (QED) is 0.612. The molecule has 13 heavy (non-hydrogen) atoms. The highest BCUT2D eigenvalue weighted by Crippen LogP contribution is 2.35. The van der Waals surface area contributed by atoms with Crippen LogP contribution in [0.1, 0.15) is 0 Å². The fourth-order valence-corrected chi connectivity index (χ4v) is 2.43. The van der Waals surface area contributed by atoms with Gasteiger partial charge in [-0.25, -0.2) is 9.00 Å². The van der Waals surface area contributed by atoms with Crippen LogP contribution in [0, 0.1) is 0 Å². The predicted molar refractivity (Wildman–Crippen MR) is 47.0 cm³/mol. The maximum Gasteiger partial charge on any atom is 0.512 e. The first-order valence-corrected chi connectivity index (χ1v) is 5.12. The lowest BCUT2D eigenvalue weighted by Crippen LogP contribution is -2.03. The molecule has 0 fully saturated rings. The van der Waals surface area contributed by atoms with Gasteiger partial charge in [-0.05, 0) is 6.07 Å². The molecule has 0 spiro atoms. The van der Waals surface area contributed by atoms with Crippen LogP contribution in [-0.4, -0.2) is 20.0 Å². The summed E-state index contributed by atoms with van der Waals surface area (Å²) in [6.07, 6.45) is -1.55. The minimum atomic E-state index is -2.30. The zero-order valence-corrected chi connectivity index (χ0v) is 8.28. The average molecular weight is 243 g/mol. The molecular weight excluding hydrogens is 240 g/mol. The van der Waals surface area contributed by atoms with E-state index >= 15 is 0 Å². The Morgan fingerprint density at radius 1 is 1.69 bits per heavy atom. The predicted octanol–water partition coefficient (Wildman–Crippen LogP) is 2.04. The molecule has 0 aliphatic heterocycles. The van der Waals surface area contributed by atoms with Gasteiger partial charge in [0.25, 0.3) is 0 Å². The molecule has 1 aromatic rings. The van der Waals surface area contributed by atoms with E-state index in [1.165, 1.54) is 6.07 Å². The summed E-state index contributed by atoms with van der Waals surface area (Å²) in [6.45, 7) is 0. The molecule has 0 bridgehead atoms. The van der Waals surface area contributed by atoms with Crippen molar-refractivity contribution in [1.82, 2.24) is 0 Å². The van der Waals surface area contributed by atoms with Crippen molar-refractivity contribution in [3.05, 3.63) is 10.4 Å². The van der Waals surface area contributed by atoms with Gasteiger partial charge < -0.3 is 14.4 Å². The Morgan fingerprint density at radius 3 is 2.77 bits per heavy atom. The van der Waals surface area contributed by atoms with Crippen LogP contribution < -0.4 is 4.74 Å². The van der Waals surface area contributed by atoms with Crippen molar-refractivity contribution in [1.29, 1.82) is 0 Å². The van der Waals surface area contributed by atoms with Gasteiger partial charge in [0.05, 0.1) is 4.34 Å². The van der Waals surface area contributed by atoms with Crippen molar-refractivity contribution >= 4 is 40.2 Å². The Labute approximate surface area is 84.2 Å². The third kappa shape index (κ3) is 2.66. The standard InChI is InChI=1S/C5H3ClO5S2/c6-3-1-2(13(9)10)4(12-3)11-5(7)8/h1H,(H,7,8)(H,9,10). The van der Waals surface area contributed by atoms with Crippen molar-refractivity contribution in [3.8, 4) is 5.06 Å². The number of rotatable bonds is 2. The SMILES string of the molecule is O=C(O)Oc1sc(Cl)cc1S(=O)O. The maximum atomic E-state index is 10.6. The summed E-state index contributed by atoms with van der Waals surface area (Å²) in [7, 11) is 0. The molecule has 2 N–H and O–H groups in total. The van der Waals surface area contributed by atoms with Crippen LogP contribution in [0.3, 0.4) is 0 Å². The first-order valence-electron chi connectivity index (χ1n) is 2.81. The van der Waals surface area contributed by atoms with Gasteiger partial charge in [0.1, 0.15) is 4.90 Å². The Morgan fingerprint density at radius 2 is 2.31 bits per heavy atom. The zero-order chi connectivity index (χ0) is 10.0. The molecule has 1 heterocycles. The van der Waals surface area contributed by atoms with Crippen molar-refractivity contribution in [3.63, 3.8) is 0 Å². The third-order valence-corrected chi connectivity index (χ3v) is 2.95. The van der Waals surface area contributed by atoms with Gasteiger partial charge in [-0.1, -0.05) is 22.9 Å². The van der Waals surface area contributed by atoms with Gasteiger partial charge in [-0.15, -0.1) is 0 Å². The molecule has 1 atom stereocenters. The summed E-state index contributed by atoms with van der Waals surface area (Å²) in [4.78, 5) is 9.97. The third-order valence-electron chi connectivity index (χ3n) is 1.00. The molecule has 1 aromatic heterocycles. The first-order chi connectivity index (χ1) is 6.00. The minimum Gasteiger partial charge on any atom is -0.449 e. The largest absolute Gasteiger partial charge is 0.512 e. The normalized spacial score (nSPS) is 12.5. The monoisotopic (exact) mass is 242 g/mol. The summed E-state index contributed by atoms with van der Waals surface area (Å²) < 4.78 is 23.7. The molecule has 1 rings (SSSR count). The lowest BCUT2D eigenvalue weighted by atomic mass is 10.6. The minimum absolute atomic E-state index is 0.141. The molecule has 0 aromatic carbocycles. The molecule has 0 amide bonds. The second-order valence-electron chi connectivity index (χ2n) is 1.82. The van der Waals surface area contributed by atoms with E-state index in [0.717, 1.165) is 11.3 Å². The van der Waals surface area contributed by atoms with E-state index in [9.17, 15) is 9.00 Å². The molecule has 5 nitrogen and oxygen atoms in total. The van der Waals surface area contributed by atoms with Gasteiger partial charge in [0.15, 0.2) is 11.1 Å². The van der Waals surface area contributed by atoms with Gasteiger partial charge in [0, 0.05) is 0 Å². The number of hydrogen-bond donors (Lipinski definition) is 2. The molecular formula is C5H3ClO5S2. The van der Waals surface area contributed by atoms with E-state index < -0.39 is 17.2 Å². The topological polar surface area (TPSA) is 83.8 Å². The highest BCUT2D eigenvalue weighted by atomic mass is 35.5. The van der Waals surface area contributed by atoms with E-state index in [0.29, 0.717) is 0 Å². The van der Waals surface area contributed by atoms with Crippen LogP contribution in [0.5, 0.6) is 5.06 Å². The number of carbonyl (C=O) groups is 1. The van der Waals surface area contributed by atoms with E-state index in [2.05, 4.69) is 4.74 Å². The maximum absolute atomic E-state index is 10.6. The Balaban J connectivity index is 3.04. The van der Waals surface area contributed by atoms with Gasteiger partial charge in [0.2, 0.25) is 5.06 Å². The van der Waals surface area contributed by atoms with E-state index in [1.54, 1.807) is 0 Å². The number of ether oxygens (including phenoxy) is 1. The molecule has 8 heteroatoms. The van der Waals surface area contributed by atoms with Crippen LogP contribution in [0.4, 0.5) is 4.79 Å². The summed E-state index contributed by atoms with van der Waals surface area (Å²) >= 11 is 3.97. The molecule has 0 aliphatic carbocycles. The molecule has 0 saturated heterocycles. The lowest BCUT2D eigenvalue weighted by Gasteiger charge is -1.95. The summed E-state index contributed by atoms with van der Waals surface area (Å²) in [5.41, 5.74) is 0. The van der Waals surface area contributed by atoms with Crippen molar-refractivity contribution in [2.75, 3.05) is 0 Å². The van der Waals surface area contributed by atoms with Crippen LogP contribution in [0.15, 0.2) is 11.0 Å². The fourth-order valence-electron chi connectivity index (χ4n) is 0.602. The summed E-state index contributed by atoms with van der Waals surface area (Å²) in [5.74, 6) is 0. The second kappa shape index (κ2) is 4.05. The van der Waals surface area contributed by atoms with Crippen LogP contribution >= 0.6 is 22.9 Å². The van der Waals surface area contributed by atoms with Gasteiger partial charge in [-0.2, -0.15) is 0 Å². The number of carboxylic acid groups (broad SMARTS) is 1. The Bertz CT molecular complexity index is 360. The first kappa shape index (κ1) is 10.5. The fraction of sp³-hybridized carbons (Fsp3) is 0. The molecule has 0 aliphatic rings. The molecule has 72 valence electrons. The molecule has 0 radical (unpaired) electrons. The van der Waals surface area contributed by atoms with Crippen LogP contribution in [0.2, 0.25) is 4.34 Å². The number of thiophene rings is 1. The van der Waals surface area contributed by atoms with Gasteiger partial charge in [-0.3, -0.25) is 0 Å². The van der Waals surface area contributed by atoms with Crippen LogP contribution in [-0.2, 0) is 11.1 Å². The number of hydrogen-bond acceptors (Lipinski definition) is 4. The van der Waals surface area contributed by atoms with E-state index in [1.807, 2.05) is 0 Å². The Hall–Kier alpha value is -0.630. The van der Waals surface area contributed by atoms with Crippen molar-refractivity contribution in [2.45, 2.75) is 4.90 Å². The van der Waals surface area contributed by atoms with Crippen molar-refractivity contribution < 1.29 is 23.4 Å². The van der Waals surface area contributed by atoms with E-state index in [4.69, 9.17) is 21.3 Å². The molecule has 1 unspecified atom stereocenters. The summed E-state index contributed by atoms with van der Waals surface area (Å²) in [6, 6.07) is 1.18. The molecule has 0 saturated carbocycles. The zero-order valence-electron chi connectivity index (χ0n) is 5.89. The Kier molecular flexibility index (Phi) is 3.26. The summed E-state index contributed by atoms with van der Waals surface area (Å²) in [5, 5.41) is 8.06. The van der Waals surface area contributed by atoms with Crippen LogP contribution in [0.25, 0.3) is 0 Å². The second-order valence-corrected chi connectivity index (χ2v) is 4.40. The van der Waals surface area contributed by atoms with Gasteiger partial charge >= 0.3 is 6.16 Å². The smallest absolute Gasteiger partial charge is 0.449 e. The highest BCUT2D eigenvalue weighted by Gasteiger charge is 2.16.